The summed E-state index contributed by atoms with van der Waals surface area (Å²) in [5.74, 6) is -0.548. The van der Waals surface area contributed by atoms with Gasteiger partial charge in [-0.3, -0.25) is 4.98 Å². The molecule has 0 spiro atoms. The average molecular weight is 654 g/mol. The van der Waals surface area contributed by atoms with Gasteiger partial charge in [-0.05, 0) is 48.0 Å². The summed E-state index contributed by atoms with van der Waals surface area (Å²) in [6.45, 7) is 0. The average Bonchev–Trinajstić information content (AvgIpc) is 3.44. The van der Waals surface area contributed by atoms with E-state index in [4.69, 9.17) is 16.3 Å². The van der Waals surface area contributed by atoms with Gasteiger partial charge in [-0.15, -0.1) is 0 Å². The molecule has 0 fully saturated rings. The third-order valence-corrected chi connectivity index (χ3v) is 9.59. The first-order valence-corrected chi connectivity index (χ1v) is 15.6. The molecule has 0 saturated heterocycles. The van der Waals surface area contributed by atoms with Crippen LogP contribution in [0.1, 0.15) is 27.9 Å². The summed E-state index contributed by atoms with van der Waals surface area (Å²) in [5, 5.41) is 10.8. The molecular formula is C35H22ClF2N3O4S. The van der Waals surface area contributed by atoms with E-state index in [1.165, 1.54) is 25.6 Å². The van der Waals surface area contributed by atoms with E-state index in [9.17, 15) is 27.3 Å². The molecule has 228 valence electrons. The molecule has 0 amide bonds. The van der Waals surface area contributed by atoms with Crippen molar-refractivity contribution in [1.29, 1.82) is 5.26 Å². The summed E-state index contributed by atoms with van der Waals surface area (Å²) < 4.78 is 61.6. The van der Waals surface area contributed by atoms with Gasteiger partial charge in [0, 0.05) is 44.4 Å². The topological polar surface area (TPSA) is 102 Å². The Bertz CT molecular complexity index is 2300. The first-order valence-electron chi connectivity index (χ1n) is 13.8. The smallest absolute Gasteiger partial charge is 0.337 e. The van der Waals surface area contributed by atoms with Gasteiger partial charge in [0.15, 0.2) is 0 Å². The van der Waals surface area contributed by atoms with Gasteiger partial charge in [0.2, 0.25) is 0 Å². The van der Waals surface area contributed by atoms with Crippen molar-refractivity contribution in [2.75, 3.05) is 7.11 Å². The molecule has 46 heavy (non-hydrogen) atoms. The fourth-order valence-corrected chi connectivity index (χ4v) is 7.23. The summed E-state index contributed by atoms with van der Waals surface area (Å²) in [5.41, 5.74) is 3.32. The first kappa shape index (κ1) is 30.6. The number of rotatable bonds is 7. The summed E-state index contributed by atoms with van der Waals surface area (Å²) >= 11 is 6.61. The molecule has 0 aliphatic rings. The molecule has 0 aliphatic carbocycles. The minimum Gasteiger partial charge on any atom is -0.465 e. The molecule has 0 bridgehead atoms. The third-order valence-electron chi connectivity index (χ3n) is 7.55. The summed E-state index contributed by atoms with van der Waals surface area (Å²) in [6.07, 6.45) is 0.168. The van der Waals surface area contributed by atoms with Gasteiger partial charge in [0.1, 0.15) is 0 Å². The molecular weight excluding hydrogens is 632 g/mol. The number of hydrogen-bond donors (Lipinski definition) is 0. The van der Waals surface area contributed by atoms with Crippen LogP contribution in [-0.4, -0.2) is 30.5 Å². The molecule has 7 nitrogen and oxygen atoms in total. The first-order chi connectivity index (χ1) is 22.1. The fourth-order valence-electron chi connectivity index (χ4n) is 5.41. The molecule has 0 saturated carbocycles. The second-order valence-corrected chi connectivity index (χ2v) is 12.4. The van der Waals surface area contributed by atoms with E-state index in [-0.39, 0.29) is 32.3 Å². The van der Waals surface area contributed by atoms with Gasteiger partial charge in [0.05, 0.1) is 46.6 Å². The van der Waals surface area contributed by atoms with Gasteiger partial charge < -0.3 is 4.74 Å². The number of alkyl halides is 2. The third kappa shape index (κ3) is 5.30. The van der Waals surface area contributed by atoms with Gasteiger partial charge in [-0.2, -0.15) is 5.26 Å². The highest BCUT2D eigenvalue weighted by molar-refractivity contribution is 7.90. The van der Waals surface area contributed by atoms with E-state index in [1.807, 2.05) is 0 Å². The van der Waals surface area contributed by atoms with Crippen LogP contribution in [0, 0.1) is 11.3 Å². The Kier molecular flexibility index (Phi) is 8.13. The Morgan fingerprint density at radius 1 is 0.935 bits per heavy atom. The quantitative estimate of drug-likeness (QED) is 0.160. The van der Waals surface area contributed by atoms with Crippen molar-refractivity contribution >= 4 is 38.5 Å². The van der Waals surface area contributed by atoms with Gasteiger partial charge in [0.25, 0.3) is 16.4 Å². The predicted octanol–water partition coefficient (Wildman–Crippen LogP) is 8.52. The maximum atomic E-state index is 14.5. The number of carbonyl (C=O) groups excluding carboxylic acids is 1. The minimum atomic E-state index is -4.43. The number of carbonyl (C=O) groups is 1. The van der Waals surface area contributed by atoms with Crippen molar-refractivity contribution < 1.29 is 26.7 Å². The summed E-state index contributed by atoms with van der Waals surface area (Å²) in [7, 11) is -3.16. The van der Waals surface area contributed by atoms with Crippen molar-refractivity contribution in [2.45, 2.75) is 11.3 Å². The monoisotopic (exact) mass is 653 g/mol. The minimum absolute atomic E-state index is 0.211. The maximum absolute atomic E-state index is 14.5. The number of hydrogen-bond acceptors (Lipinski definition) is 6. The van der Waals surface area contributed by atoms with Crippen LogP contribution < -0.4 is 0 Å². The molecule has 2 aromatic heterocycles. The Balaban J connectivity index is 1.68. The molecule has 0 N–H and O–H groups in total. The Labute approximate surface area is 268 Å². The van der Waals surface area contributed by atoms with E-state index in [0.717, 1.165) is 28.2 Å². The van der Waals surface area contributed by atoms with Crippen LogP contribution in [0.25, 0.3) is 44.4 Å². The molecule has 0 atom stereocenters. The van der Waals surface area contributed by atoms with Gasteiger partial charge >= 0.3 is 5.97 Å². The fraction of sp³-hybridized carbons (Fsp3) is 0.0571. The van der Waals surface area contributed by atoms with Crippen LogP contribution >= 0.6 is 11.6 Å². The van der Waals surface area contributed by atoms with Crippen molar-refractivity contribution in [2.24, 2.45) is 0 Å². The molecule has 6 rings (SSSR count). The summed E-state index contributed by atoms with van der Waals surface area (Å²) in [6, 6.07) is 26.9. The highest BCUT2D eigenvalue weighted by Gasteiger charge is 2.30. The highest BCUT2D eigenvalue weighted by Crippen LogP contribution is 2.44. The number of pyridine rings is 1. The Morgan fingerprint density at radius 2 is 1.67 bits per heavy atom. The van der Waals surface area contributed by atoms with E-state index < -0.39 is 22.4 Å². The maximum Gasteiger partial charge on any atom is 0.337 e. The van der Waals surface area contributed by atoms with Gasteiger partial charge in [-0.25, -0.2) is 26.0 Å². The number of aromatic nitrogens is 2. The van der Waals surface area contributed by atoms with Crippen LogP contribution in [0.4, 0.5) is 8.78 Å². The molecule has 6 aromatic rings. The van der Waals surface area contributed by atoms with E-state index in [2.05, 4.69) is 11.1 Å². The normalized spacial score (nSPS) is 11.5. The number of ether oxygens (including phenoxy) is 1. The number of halogens is 3. The zero-order chi connectivity index (χ0) is 32.6. The zero-order valence-electron chi connectivity index (χ0n) is 24.0. The lowest BCUT2D eigenvalue weighted by atomic mass is 9.94. The van der Waals surface area contributed by atoms with Crippen LogP contribution in [-0.2, 0) is 14.8 Å². The largest absolute Gasteiger partial charge is 0.465 e. The molecule has 0 unspecified atom stereocenters. The lowest BCUT2D eigenvalue weighted by molar-refractivity contribution is 0.0600. The number of benzene rings is 4. The number of nitriles is 1. The van der Waals surface area contributed by atoms with Crippen molar-refractivity contribution in [3.8, 4) is 39.6 Å². The van der Waals surface area contributed by atoms with Crippen molar-refractivity contribution in [3.05, 3.63) is 131 Å². The van der Waals surface area contributed by atoms with Crippen LogP contribution in [0.2, 0.25) is 5.02 Å². The summed E-state index contributed by atoms with van der Waals surface area (Å²) in [4.78, 5) is 16.0. The van der Waals surface area contributed by atoms with Gasteiger partial charge in [-0.1, -0.05) is 66.2 Å². The van der Waals surface area contributed by atoms with Crippen molar-refractivity contribution in [3.63, 3.8) is 0 Å². The molecule has 4 aromatic carbocycles. The standard InChI is InChI=1S/C35H22ClF2N3O4S/c1-45-35(42)24-11-14-27(30(36)18-24)22-6-4-7-23(17-22)33-32(28-8-3-2-5-25(28)19-39)29-15-16-40-20-31(29)41(33)46(43,44)26-12-9-21(10-13-26)34(37)38/h2-18,20,34H,1H3. The molecule has 2 heterocycles. The van der Waals surface area contributed by atoms with E-state index in [0.29, 0.717) is 38.8 Å². The second kappa shape index (κ2) is 12.2. The van der Waals surface area contributed by atoms with Crippen molar-refractivity contribution in [1.82, 2.24) is 8.96 Å². The molecule has 0 aliphatic heterocycles. The SMILES string of the molecule is COC(=O)c1ccc(-c2cccc(-c3c(-c4ccccc4C#N)c4ccncc4n3S(=O)(=O)c3ccc(C(F)F)cc3)c2)c(Cl)c1. The molecule has 0 radical (unpaired) electrons. The van der Waals surface area contributed by atoms with Crippen LogP contribution in [0.15, 0.2) is 114 Å². The number of nitrogens with zero attached hydrogens (tertiary/aromatic N) is 3. The zero-order valence-corrected chi connectivity index (χ0v) is 25.6. The molecule has 11 heteroatoms. The number of fused-ring (bicyclic) bond motifs is 1. The van der Waals surface area contributed by atoms with E-state index >= 15 is 0 Å². The van der Waals surface area contributed by atoms with Crippen LogP contribution in [0.5, 0.6) is 0 Å². The lowest BCUT2D eigenvalue weighted by Gasteiger charge is -2.16. The number of methoxy groups -OCH3 is 1. The Morgan fingerprint density at radius 3 is 2.37 bits per heavy atom. The van der Waals surface area contributed by atoms with Crippen LogP contribution in [0.3, 0.4) is 0 Å². The Hall–Kier alpha value is -5.37. The highest BCUT2D eigenvalue weighted by atomic mass is 35.5. The van der Waals surface area contributed by atoms with E-state index in [1.54, 1.807) is 66.7 Å². The number of esters is 1. The lowest BCUT2D eigenvalue weighted by Crippen LogP contribution is -2.14. The predicted molar refractivity (Wildman–Crippen MR) is 171 cm³/mol. The second-order valence-electron chi connectivity index (χ2n) is 10.2.